The molecule has 0 radical (unpaired) electrons. The van der Waals surface area contributed by atoms with Crippen molar-refractivity contribution in [1.82, 2.24) is 4.90 Å². The van der Waals surface area contributed by atoms with Gasteiger partial charge in [0.15, 0.2) is 0 Å². The number of benzene rings is 2. The third kappa shape index (κ3) is 6.14. The lowest BCUT2D eigenvalue weighted by atomic mass is 9.81. The van der Waals surface area contributed by atoms with Crippen molar-refractivity contribution in [1.29, 1.82) is 0 Å². The van der Waals surface area contributed by atoms with E-state index >= 15 is 0 Å². The van der Waals surface area contributed by atoms with E-state index in [1.807, 2.05) is 75.4 Å². The maximum absolute atomic E-state index is 13.2. The Morgan fingerprint density at radius 3 is 2.30 bits per heavy atom. The number of hydrogen-bond donors (Lipinski definition) is 0. The summed E-state index contributed by atoms with van der Waals surface area (Å²) in [6.45, 7) is 6.98. The molecule has 0 N–H and O–H groups in total. The van der Waals surface area contributed by atoms with Gasteiger partial charge in [-0.3, -0.25) is 9.69 Å². The van der Waals surface area contributed by atoms with Crippen LogP contribution >= 0.6 is 0 Å². The minimum Gasteiger partial charge on any atom is -0.489 e. The molecule has 0 saturated carbocycles. The number of ketones is 1. The third-order valence-corrected chi connectivity index (χ3v) is 6.11. The Hall–Kier alpha value is -2.86. The summed E-state index contributed by atoms with van der Waals surface area (Å²) in [6.07, 6.45) is 1.27. The van der Waals surface area contributed by atoms with Crippen LogP contribution in [-0.4, -0.2) is 47.7 Å². The van der Waals surface area contributed by atoms with E-state index in [9.17, 15) is 9.59 Å². The third-order valence-electron chi connectivity index (χ3n) is 6.11. The van der Waals surface area contributed by atoms with Gasteiger partial charge in [0.2, 0.25) is 0 Å². The fourth-order valence-corrected chi connectivity index (χ4v) is 4.62. The van der Waals surface area contributed by atoms with Crippen molar-refractivity contribution >= 4 is 11.9 Å². The average molecular weight is 452 g/mol. The van der Waals surface area contributed by atoms with Gasteiger partial charge in [0.25, 0.3) is 0 Å². The van der Waals surface area contributed by atoms with E-state index in [1.165, 1.54) is 0 Å². The molecular weight excluding hydrogens is 418 g/mol. The van der Waals surface area contributed by atoms with Crippen molar-refractivity contribution in [2.24, 2.45) is 5.92 Å². The Balaban J connectivity index is 1.36. The first kappa shape index (κ1) is 23.3. The number of morpholine rings is 1. The Morgan fingerprint density at radius 1 is 0.970 bits per heavy atom. The van der Waals surface area contributed by atoms with Crippen LogP contribution in [0.5, 0.6) is 5.75 Å². The van der Waals surface area contributed by atoms with Gasteiger partial charge in [-0.05, 0) is 56.9 Å². The molecule has 0 aliphatic carbocycles. The van der Waals surface area contributed by atoms with Gasteiger partial charge in [-0.15, -0.1) is 0 Å². The topological polar surface area (TPSA) is 65.1 Å². The average Bonchev–Trinajstić information content (AvgIpc) is 2.76. The fourth-order valence-electron chi connectivity index (χ4n) is 4.62. The summed E-state index contributed by atoms with van der Waals surface area (Å²) in [5.74, 6) is 0.876. The molecule has 6 nitrogen and oxygen atoms in total. The Labute approximate surface area is 195 Å². The lowest BCUT2D eigenvalue weighted by Crippen LogP contribution is -2.60. The molecule has 2 heterocycles. The molecule has 4 rings (SSSR count). The second-order valence-corrected chi connectivity index (χ2v) is 9.97. The number of Topliss-reactive ketones (excluding diaryl/α,β-unsaturated/α-hetero) is 1. The number of ether oxygens (including phenoxy) is 3. The summed E-state index contributed by atoms with van der Waals surface area (Å²) < 4.78 is 17.2. The minimum atomic E-state index is -0.549. The second-order valence-electron chi connectivity index (χ2n) is 9.97. The highest BCUT2D eigenvalue weighted by Crippen LogP contribution is 2.34. The summed E-state index contributed by atoms with van der Waals surface area (Å²) in [5, 5.41) is 0. The van der Waals surface area contributed by atoms with Crippen LogP contribution in [-0.2, 0) is 27.3 Å². The molecule has 2 aliphatic heterocycles. The number of amides is 1. The van der Waals surface area contributed by atoms with Crippen molar-refractivity contribution in [3.05, 3.63) is 65.7 Å². The van der Waals surface area contributed by atoms with Crippen LogP contribution in [0.4, 0.5) is 4.79 Å². The van der Waals surface area contributed by atoms with Gasteiger partial charge in [-0.2, -0.15) is 0 Å². The first-order valence-electron chi connectivity index (χ1n) is 11.7. The highest BCUT2D eigenvalue weighted by Gasteiger charge is 2.44. The predicted octanol–water partition coefficient (Wildman–Crippen LogP) is 4.79. The fraction of sp³-hybridized carbons (Fsp3) is 0.481. The van der Waals surface area contributed by atoms with Gasteiger partial charge in [0.1, 0.15) is 23.7 Å². The van der Waals surface area contributed by atoms with E-state index in [-0.39, 0.29) is 29.9 Å². The van der Waals surface area contributed by atoms with Gasteiger partial charge in [0, 0.05) is 12.3 Å². The normalized spacial score (nSPS) is 22.5. The zero-order valence-electron chi connectivity index (χ0n) is 19.7. The van der Waals surface area contributed by atoms with Crippen LogP contribution in [0.25, 0.3) is 0 Å². The number of carbonyl (C=O) groups excluding carboxylic acids is 2. The molecule has 2 aromatic rings. The largest absolute Gasteiger partial charge is 0.489 e. The van der Waals surface area contributed by atoms with Crippen LogP contribution in [0.2, 0.25) is 0 Å². The lowest BCUT2D eigenvalue weighted by Gasteiger charge is -2.47. The molecule has 2 aromatic carbocycles. The molecule has 2 bridgehead atoms. The summed E-state index contributed by atoms with van der Waals surface area (Å²) in [4.78, 5) is 27.7. The molecule has 2 fully saturated rings. The van der Waals surface area contributed by atoms with E-state index in [0.717, 1.165) is 16.9 Å². The Kier molecular flexibility index (Phi) is 7.03. The molecule has 2 unspecified atom stereocenters. The molecule has 1 amide bonds. The number of hydrogen-bond acceptors (Lipinski definition) is 5. The van der Waals surface area contributed by atoms with Crippen LogP contribution < -0.4 is 4.74 Å². The van der Waals surface area contributed by atoms with Crippen molar-refractivity contribution in [2.75, 3.05) is 13.2 Å². The monoisotopic (exact) mass is 451 g/mol. The highest BCUT2D eigenvalue weighted by atomic mass is 16.6. The quantitative estimate of drug-likeness (QED) is 0.632. The van der Waals surface area contributed by atoms with Gasteiger partial charge in [0.05, 0.1) is 25.3 Å². The Bertz CT molecular complexity index is 954. The standard InChI is InChI=1S/C27H33NO5/c1-27(2,3)33-26(30)28-22-14-21(15-23(28)18-31-17-22)25(29)13-20-10-7-11-24(12-20)32-16-19-8-5-4-6-9-19/h4-12,21-23H,13-18H2,1-3H3. The molecule has 6 heteroatoms. The van der Waals surface area contributed by atoms with Crippen molar-refractivity contribution < 1.29 is 23.8 Å². The number of carbonyl (C=O) groups is 2. The summed E-state index contributed by atoms with van der Waals surface area (Å²) in [7, 11) is 0. The van der Waals surface area contributed by atoms with Gasteiger partial charge in [-0.1, -0.05) is 42.5 Å². The van der Waals surface area contributed by atoms with Crippen LogP contribution in [0, 0.1) is 5.92 Å². The van der Waals surface area contributed by atoms with Crippen LogP contribution in [0.3, 0.4) is 0 Å². The molecule has 2 saturated heterocycles. The zero-order chi connectivity index (χ0) is 23.4. The van der Waals surface area contributed by atoms with Gasteiger partial charge in [-0.25, -0.2) is 4.79 Å². The van der Waals surface area contributed by atoms with E-state index in [1.54, 1.807) is 4.90 Å². The van der Waals surface area contributed by atoms with Gasteiger partial charge >= 0.3 is 6.09 Å². The Morgan fingerprint density at radius 2 is 1.64 bits per heavy atom. The number of fused-ring (bicyclic) bond motifs is 2. The highest BCUT2D eigenvalue weighted by molar-refractivity contribution is 5.84. The predicted molar refractivity (Wildman–Crippen MR) is 125 cm³/mol. The van der Waals surface area contributed by atoms with Crippen LogP contribution in [0.15, 0.2) is 54.6 Å². The maximum atomic E-state index is 13.2. The van der Waals surface area contributed by atoms with E-state index in [4.69, 9.17) is 14.2 Å². The number of rotatable bonds is 6. The smallest absolute Gasteiger partial charge is 0.410 e. The molecule has 33 heavy (non-hydrogen) atoms. The SMILES string of the molecule is CC(C)(C)OC(=O)N1C2COCC1CC(C(=O)Cc1cccc(OCc3ccccc3)c1)C2. The van der Waals surface area contributed by atoms with Crippen molar-refractivity contribution in [3.63, 3.8) is 0 Å². The number of nitrogens with zero attached hydrogens (tertiary/aromatic N) is 1. The molecule has 2 atom stereocenters. The van der Waals surface area contributed by atoms with E-state index in [0.29, 0.717) is 39.1 Å². The molecular formula is C27H33NO5. The lowest BCUT2D eigenvalue weighted by molar-refractivity contribution is -0.131. The maximum Gasteiger partial charge on any atom is 0.410 e. The summed E-state index contributed by atoms with van der Waals surface area (Å²) in [5.41, 5.74) is 1.50. The second kappa shape index (κ2) is 9.96. The van der Waals surface area contributed by atoms with Crippen molar-refractivity contribution in [2.45, 2.75) is 64.3 Å². The first-order valence-corrected chi connectivity index (χ1v) is 11.7. The first-order chi connectivity index (χ1) is 15.8. The van der Waals surface area contributed by atoms with E-state index < -0.39 is 5.60 Å². The van der Waals surface area contributed by atoms with E-state index in [2.05, 4.69) is 0 Å². The van der Waals surface area contributed by atoms with Crippen molar-refractivity contribution in [3.8, 4) is 5.75 Å². The zero-order valence-corrected chi connectivity index (χ0v) is 19.7. The minimum absolute atomic E-state index is 0.0866. The molecule has 2 aliphatic rings. The molecule has 0 aromatic heterocycles. The van der Waals surface area contributed by atoms with Gasteiger partial charge < -0.3 is 14.2 Å². The summed E-state index contributed by atoms with van der Waals surface area (Å²) in [6, 6.07) is 17.5. The number of piperidine rings is 1. The molecule has 176 valence electrons. The van der Waals surface area contributed by atoms with Crippen LogP contribution in [0.1, 0.15) is 44.7 Å². The summed E-state index contributed by atoms with van der Waals surface area (Å²) >= 11 is 0. The molecule has 0 spiro atoms.